The molecular weight excluding hydrogens is 454 g/mol. The monoisotopic (exact) mass is 485 g/mol. The number of ether oxygens (including phenoxy) is 1. The number of nitrogens with zero attached hydrogens (tertiary/aromatic N) is 3. The number of piperazine rings is 1. The number of carbonyl (C=O) groups excluding carboxylic acids is 1. The van der Waals surface area contributed by atoms with Crippen LogP contribution < -0.4 is 4.74 Å². The van der Waals surface area contributed by atoms with E-state index in [0.29, 0.717) is 57.7 Å². The van der Waals surface area contributed by atoms with Crippen LogP contribution in [-0.2, 0) is 24.7 Å². The summed E-state index contributed by atoms with van der Waals surface area (Å²) in [5.74, 6) is 0.692. The van der Waals surface area contributed by atoms with Crippen molar-refractivity contribution >= 4 is 25.8 Å². The number of hydrogen-bond donors (Lipinski definition) is 0. The first kappa shape index (κ1) is 23.5. The maximum atomic E-state index is 13.2. The van der Waals surface area contributed by atoms with Crippen molar-refractivity contribution in [2.75, 3.05) is 57.9 Å². The van der Waals surface area contributed by atoms with E-state index < -0.39 is 19.9 Å². The van der Waals surface area contributed by atoms with Crippen molar-refractivity contribution in [2.45, 2.75) is 30.2 Å². The Morgan fingerprint density at radius 2 is 1.72 bits per heavy atom. The maximum absolute atomic E-state index is 13.2. The molecule has 3 saturated heterocycles. The van der Waals surface area contributed by atoms with Gasteiger partial charge in [-0.25, -0.2) is 16.8 Å². The summed E-state index contributed by atoms with van der Waals surface area (Å²) in [6, 6.07) is 6.35. The first-order chi connectivity index (χ1) is 15.2. The van der Waals surface area contributed by atoms with Crippen LogP contribution in [0.25, 0.3) is 0 Å². The van der Waals surface area contributed by atoms with Crippen molar-refractivity contribution in [2.24, 2.45) is 5.92 Å². The summed E-state index contributed by atoms with van der Waals surface area (Å²) < 4.78 is 56.2. The molecule has 1 aromatic carbocycles. The van der Waals surface area contributed by atoms with Gasteiger partial charge in [-0.3, -0.25) is 9.69 Å². The minimum Gasteiger partial charge on any atom is -0.497 e. The molecule has 9 nitrogen and oxygen atoms in total. The number of amides is 1. The fourth-order valence-corrected chi connectivity index (χ4v) is 8.17. The van der Waals surface area contributed by atoms with Gasteiger partial charge < -0.3 is 9.64 Å². The van der Waals surface area contributed by atoms with Gasteiger partial charge in [0.1, 0.15) is 5.75 Å². The van der Waals surface area contributed by atoms with Crippen LogP contribution in [0.5, 0.6) is 5.75 Å². The third kappa shape index (κ3) is 4.95. The Kier molecular flexibility index (Phi) is 6.81. The van der Waals surface area contributed by atoms with Gasteiger partial charge in [-0.1, -0.05) is 0 Å². The van der Waals surface area contributed by atoms with E-state index in [2.05, 4.69) is 4.90 Å². The number of sulfonamides is 1. The van der Waals surface area contributed by atoms with Gasteiger partial charge in [-0.15, -0.1) is 0 Å². The quantitative estimate of drug-likeness (QED) is 0.596. The standard InChI is InChI=1S/C21H31N3O6S2/c1-30-19-4-6-20(7-5-19)32(28,29)24-9-2-3-17(15-24)21(25)23-12-10-22(11-13-23)18-8-14-31(26,27)16-18/h4-7,17-18H,2-3,8-16H2,1H3. The summed E-state index contributed by atoms with van der Waals surface area (Å²) in [5, 5.41) is 0. The maximum Gasteiger partial charge on any atom is 0.243 e. The summed E-state index contributed by atoms with van der Waals surface area (Å²) in [6.45, 7) is 3.02. The third-order valence-corrected chi connectivity index (χ3v) is 10.4. The Labute approximate surface area is 190 Å². The molecule has 0 N–H and O–H groups in total. The van der Waals surface area contributed by atoms with Gasteiger partial charge in [0.25, 0.3) is 0 Å². The highest BCUT2D eigenvalue weighted by Crippen LogP contribution is 2.27. The topological polar surface area (TPSA) is 104 Å². The van der Waals surface area contributed by atoms with Crippen LogP contribution in [0.4, 0.5) is 0 Å². The van der Waals surface area contributed by atoms with Crippen molar-refractivity contribution in [3.8, 4) is 5.75 Å². The van der Waals surface area contributed by atoms with Crippen LogP contribution in [-0.4, -0.2) is 101 Å². The highest BCUT2D eigenvalue weighted by atomic mass is 32.2. The summed E-state index contributed by atoms with van der Waals surface area (Å²) in [4.78, 5) is 17.3. The molecule has 2 atom stereocenters. The molecule has 0 bridgehead atoms. The highest BCUT2D eigenvalue weighted by molar-refractivity contribution is 7.91. The molecule has 0 aromatic heterocycles. The van der Waals surface area contributed by atoms with Gasteiger partial charge in [0, 0.05) is 45.3 Å². The Morgan fingerprint density at radius 3 is 2.31 bits per heavy atom. The van der Waals surface area contributed by atoms with E-state index in [0.717, 1.165) is 0 Å². The van der Waals surface area contributed by atoms with E-state index >= 15 is 0 Å². The molecule has 32 heavy (non-hydrogen) atoms. The summed E-state index contributed by atoms with van der Waals surface area (Å²) in [6.07, 6.45) is 1.98. The second-order valence-corrected chi connectivity index (χ2v) is 13.0. The minimum atomic E-state index is -3.67. The molecule has 0 radical (unpaired) electrons. The molecule has 0 spiro atoms. The van der Waals surface area contributed by atoms with E-state index in [-0.39, 0.29) is 40.8 Å². The summed E-state index contributed by atoms with van der Waals surface area (Å²) in [5.41, 5.74) is 0. The van der Waals surface area contributed by atoms with E-state index in [1.165, 1.54) is 23.5 Å². The molecule has 1 aromatic rings. The SMILES string of the molecule is COc1ccc(S(=O)(=O)N2CCCC(C(=O)N3CCN(C4CCS(=O)(=O)C4)CC3)C2)cc1. The van der Waals surface area contributed by atoms with E-state index in [4.69, 9.17) is 4.74 Å². The molecule has 2 unspecified atom stereocenters. The zero-order chi connectivity index (χ0) is 22.9. The fourth-order valence-electron chi connectivity index (χ4n) is 4.89. The zero-order valence-corrected chi connectivity index (χ0v) is 20.0. The third-order valence-electron chi connectivity index (χ3n) is 6.78. The first-order valence-corrected chi connectivity index (χ1v) is 14.3. The van der Waals surface area contributed by atoms with Gasteiger partial charge in [0.15, 0.2) is 9.84 Å². The van der Waals surface area contributed by atoms with Crippen molar-refractivity contribution in [3.05, 3.63) is 24.3 Å². The van der Waals surface area contributed by atoms with E-state index in [1.807, 2.05) is 4.90 Å². The molecule has 178 valence electrons. The summed E-state index contributed by atoms with van der Waals surface area (Å²) >= 11 is 0. The number of methoxy groups -OCH3 is 1. The fraction of sp³-hybridized carbons (Fsp3) is 0.667. The minimum absolute atomic E-state index is 0.00155. The first-order valence-electron chi connectivity index (χ1n) is 11.1. The molecule has 0 saturated carbocycles. The smallest absolute Gasteiger partial charge is 0.243 e. The average Bonchev–Trinajstić information content (AvgIpc) is 3.18. The van der Waals surface area contributed by atoms with Crippen LogP contribution >= 0.6 is 0 Å². The lowest BCUT2D eigenvalue weighted by molar-refractivity contribution is -0.138. The number of piperidine rings is 1. The van der Waals surface area contributed by atoms with Crippen LogP contribution in [0, 0.1) is 5.92 Å². The molecule has 0 aliphatic carbocycles. The van der Waals surface area contributed by atoms with Gasteiger partial charge in [0.2, 0.25) is 15.9 Å². The van der Waals surface area contributed by atoms with Gasteiger partial charge in [-0.05, 0) is 43.5 Å². The molecule has 3 aliphatic heterocycles. The van der Waals surface area contributed by atoms with Crippen LogP contribution in [0.15, 0.2) is 29.2 Å². The van der Waals surface area contributed by atoms with Gasteiger partial charge >= 0.3 is 0 Å². The second kappa shape index (κ2) is 9.28. The van der Waals surface area contributed by atoms with Crippen molar-refractivity contribution < 1.29 is 26.4 Å². The number of carbonyl (C=O) groups is 1. The molecule has 3 aliphatic rings. The molecule has 11 heteroatoms. The van der Waals surface area contributed by atoms with Crippen LogP contribution in [0.3, 0.4) is 0 Å². The predicted octanol–water partition coefficient (Wildman–Crippen LogP) is 0.427. The Hall–Kier alpha value is -1.69. The van der Waals surface area contributed by atoms with E-state index in [1.54, 1.807) is 12.1 Å². The lowest BCUT2D eigenvalue weighted by Crippen LogP contribution is -2.55. The largest absolute Gasteiger partial charge is 0.497 e. The molecular formula is C21H31N3O6S2. The number of rotatable bonds is 5. The lowest BCUT2D eigenvalue weighted by atomic mass is 9.97. The van der Waals surface area contributed by atoms with Crippen LogP contribution in [0.1, 0.15) is 19.3 Å². The number of sulfone groups is 1. The van der Waals surface area contributed by atoms with Crippen LogP contribution in [0.2, 0.25) is 0 Å². The van der Waals surface area contributed by atoms with Gasteiger partial charge in [-0.2, -0.15) is 4.31 Å². The number of hydrogen-bond acceptors (Lipinski definition) is 7. The summed E-state index contributed by atoms with van der Waals surface area (Å²) in [7, 11) is -5.08. The van der Waals surface area contributed by atoms with Crippen molar-refractivity contribution in [1.29, 1.82) is 0 Å². The molecule has 3 heterocycles. The second-order valence-electron chi connectivity index (χ2n) is 8.80. The highest BCUT2D eigenvalue weighted by Gasteiger charge is 2.38. The Balaban J connectivity index is 1.35. The molecule has 4 rings (SSSR count). The molecule has 1 amide bonds. The van der Waals surface area contributed by atoms with E-state index in [9.17, 15) is 21.6 Å². The Bertz CT molecular complexity index is 1030. The molecule has 3 fully saturated rings. The average molecular weight is 486 g/mol. The normalized spacial score (nSPS) is 27.3. The predicted molar refractivity (Wildman–Crippen MR) is 120 cm³/mol. The Morgan fingerprint density at radius 1 is 1.03 bits per heavy atom. The number of benzene rings is 1. The lowest BCUT2D eigenvalue weighted by Gasteiger charge is -2.40. The van der Waals surface area contributed by atoms with Crippen molar-refractivity contribution in [1.82, 2.24) is 14.1 Å². The van der Waals surface area contributed by atoms with Gasteiger partial charge in [0.05, 0.1) is 29.4 Å². The zero-order valence-electron chi connectivity index (χ0n) is 18.3. The van der Waals surface area contributed by atoms with Crippen molar-refractivity contribution in [3.63, 3.8) is 0 Å².